The van der Waals surface area contributed by atoms with E-state index >= 15 is 0 Å². The van der Waals surface area contributed by atoms with E-state index in [1.54, 1.807) is 0 Å². The molecule has 2 amide bonds. The van der Waals surface area contributed by atoms with E-state index in [1.807, 2.05) is 5.32 Å². The fourth-order valence-corrected chi connectivity index (χ4v) is 1.07. The number of carboxylic acid groups (broad SMARTS) is 2. The van der Waals surface area contributed by atoms with Crippen molar-refractivity contribution in [1.82, 2.24) is 10.2 Å². The van der Waals surface area contributed by atoms with Gasteiger partial charge in [0.25, 0.3) is 6.43 Å². The Kier molecular flexibility index (Phi) is 6.61. The van der Waals surface area contributed by atoms with Gasteiger partial charge in [-0.05, 0) is 6.42 Å². The molecule has 9 heteroatoms. The van der Waals surface area contributed by atoms with Crippen LogP contribution in [-0.2, 0) is 9.59 Å². The topological polar surface area (TPSA) is 107 Å². The Bertz CT molecular complexity index is 324. The van der Waals surface area contributed by atoms with Gasteiger partial charge in [0.1, 0.15) is 6.04 Å². The van der Waals surface area contributed by atoms with Gasteiger partial charge in [0.05, 0.1) is 6.54 Å². The molecule has 18 heavy (non-hydrogen) atoms. The summed E-state index contributed by atoms with van der Waals surface area (Å²) < 4.78 is 24.0. The Balaban J connectivity index is 4.35. The second-order valence-corrected chi connectivity index (χ2v) is 3.54. The summed E-state index contributed by atoms with van der Waals surface area (Å²) in [6, 6.07) is -2.41. The van der Waals surface area contributed by atoms with Gasteiger partial charge in [-0.15, -0.1) is 0 Å². The van der Waals surface area contributed by atoms with Crippen LogP contribution in [0.3, 0.4) is 0 Å². The highest BCUT2D eigenvalue weighted by atomic mass is 19.3. The molecule has 0 aliphatic carbocycles. The van der Waals surface area contributed by atoms with Crippen molar-refractivity contribution in [2.24, 2.45) is 0 Å². The van der Waals surface area contributed by atoms with E-state index in [2.05, 4.69) is 0 Å². The van der Waals surface area contributed by atoms with Crippen LogP contribution in [0.2, 0.25) is 0 Å². The molecule has 0 rings (SSSR count). The Morgan fingerprint density at radius 2 is 1.83 bits per heavy atom. The van der Waals surface area contributed by atoms with Crippen LogP contribution in [0.15, 0.2) is 0 Å². The molecule has 0 radical (unpaired) electrons. The maximum absolute atomic E-state index is 12.0. The predicted molar refractivity (Wildman–Crippen MR) is 55.5 cm³/mol. The quantitative estimate of drug-likeness (QED) is 0.612. The zero-order valence-corrected chi connectivity index (χ0v) is 9.60. The van der Waals surface area contributed by atoms with Crippen LogP contribution in [0.1, 0.15) is 12.8 Å². The molecule has 0 bridgehead atoms. The number of alkyl halides is 2. The number of nitrogens with one attached hydrogen (secondary N) is 1. The molecular formula is C9H14F2N2O5. The molecule has 0 aromatic heterocycles. The van der Waals surface area contributed by atoms with Gasteiger partial charge >= 0.3 is 18.0 Å². The Morgan fingerprint density at radius 1 is 1.28 bits per heavy atom. The van der Waals surface area contributed by atoms with E-state index in [4.69, 9.17) is 10.2 Å². The highest BCUT2D eigenvalue weighted by Gasteiger charge is 2.23. The van der Waals surface area contributed by atoms with Crippen molar-refractivity contribution in [3.05, 3.63) is 0 Å². The first kappa shape index (κ1) is 16.1. The number of carboxylic acids is 2. The highest BCUT2D eigenvalue weighted by Crippen LogP contribution is 2.01. The zero-order chi connectivity index (χ0) is 14.3. The van der Waals surface area contributed by atoms with Crippen LogP contribution in [0.25, 0.3) is 0 Å². The van der Waals surface area contributed by atoms with Crippen LogP contribution < -0.4 is 5.32 Å². The second kappa shape index (κ2) is 7.41. The van der Waals surface area contributed by atoms with E-state index in [9.17, 15) is 23.2 Å². The number of hydrogen-bond acceptors (Lipinski definition) is 3. The summed E-state index contributed by atoms with van der Waals surface area (Å²) >= 11 is 0. The molecule has 3 N–H and O–H groups in total. The first-order chi connectivity index (χ1) is 8.23. The van der Waals surface area contributed by atoms with Gasteiger partial charge < -0.3 is 20.4 Å². The maximum atomic E-state index is 12.0. The molecule has 7 nitrogen and oxygen atoms in total. The van der Waals surface area contributed by atoms with Gasteiger partial charge in [-0.25, -0.2) is 18.4 Å². The smallest absolute Gasteiger partial charge is 0.326 e. The lowest BCUT2D eigenvalue weighted by molar-refractivity contribution is -0.140. The average molecular weight is 268 g/mol. The normalized spacial score (nSPS) is 12.0. The molecule has 0 fully saturated rings. The Labute approximate surface area is 101 Å². The number of carbonyl (C=O) groups excluding carboxylic acids is 1. The van der Waals surface area contributed by atoms with Gasteiger partial charge in [0, 0.05) is 13.5 Å². The number of nitrogens with zero attached hydrogens (tertiary/aromatic N) is 1. The van der Waals surface area contributed by atoms with Crippen LogP contribution in [0.5, 0.6) is 0 Å². The Morgan fingerprint density at radius 3 is 2.22 bits per heavy atom. The number of carbonyl (C=O) groups is 3. The van der Waals surface area contributed by atoms with Crippen molar-refractivity contribution >= 4 is 18.0 Å². The summed E-state index contributed by atoms with van der Waals surface area (Å²) in [5, 5.41) is 19.1. The van der Waals surface area contributed by atoms with E-state index in [0.29, 0.717) is 4.90 Å². The number of urea groups is 1. The number of aliphatic carboxylic acids is 2. The van der Waals surface area contributed by atoms with Crippen LogP contribution in [-0.4, -0.2) is 59.1 Å². The number of halogens is 2. The van der Waals surface area contributed by atoms with Gasteiger partial charge in [-0.2, -0.15) is 0 Å². The second-order valence-electron chi connectivity index (χ2n) is 3.54. The SMILES string of the molecule is CN(CC(F)F)C(=O)N[C@@H](CCC(=O)O)C(=O)O. The van der Waals surface area contributed by atoms with Crippen molar-refractivity contribution in [3.63, 3.8) is 0 Å². The summed E-state index contributed by atoms with van der Waals surface area (Å²) in [5.74, 6) is -2.63. The minimum atomic E-state index is -2.73. The largest absolute Gasteiger partial charge is 0.481 e. The molecule has 0 heterocycles. The van der Waals surface area contributed by atoms with E-state index in [1.165, 1.54) is 0 Å². The van der Waals surface area contributed by atoms with E-state index < -0.39 is 43.4 Å². The summed E-state index contributed by atoms with van der Waals surface area (Å²) in [7, 11) is 1.08. The summed E-state index contributed by atoms with van der Waals surface area (Å²) in [6.45, 7) is -0.836. The van der Waals surface area contributed by atoms with Crippen LogP contribution in [0, 0.1) is 0 Å². The van der Waals surface area contributed by atoms with Crippen molar-refractivity contribution in [2.75, 3.05) is 13.6 Å². The number of amides is 2. The summed E-state index contributed by atoms with van der Waals surface area (Å²) in [6.07, 6.45) is -3.50. The molecule has 0 unspecified atom stereocenters. The molecular weight excluding hydrogens is 254 g/mol. The fourth-order valence-electron chi connectivity index (χ4n) is 1.07. The third kappa shape index (κ3) is 6.61. The fraction of sp³-hybridized carbons (Fsp3) is 0.667. The lowest BCUT2D eigenvalue weighted by Crippen LogP contribution is -2.47. The minimum absolute atomic E-state index is 0.321. The molecule has 0 aromatic carbocycles. The molecule has 0 saturated heterocycles. The van der Waals surface area contributed by atoms with Crippen molar-refractivity contribution < 1.29 is 33.4 Å². The van der Waals surface area contributed by atoms with Crippen molar-refractivity contribution in [3.8, 4) is 0 Å². The lowest BCUT2D eigenvalue weighted by atomic mass is 10.1. The molecule has 0 aliphatic rings. The molecule has 104 valence electrons. The monoisotopic (exact) mass is 268 g/mol. The minimum Gasteiger partial charge on any atom is -0.481 e. The third-order valence-electron chi connectivity index (χ3n) is 2.00. The Hall–Kier alpha value is -1.93. The number of hydrogen-bond donors (Lipinski definition) is 3. The van der Waals surface area contributed by atoms with Gasteiger partial charge in [0.15, 0.2) is 0 Å². The first-order valence-corrected chi connectivity index (χ1v) is 4.98. The maximum Gasteiger partial charge on any atom is 0.326 e. The summed E-state index contributed by atoms with van der Waals surface area (Å²) in [4.78, 5) is 32.9. The molecule has 0 aliphatic heterocycles. The lowest BCUT2D eigenvalue weighted by Gasteiger charge is -2.20. The molecule has 1 atom stereocenters. The molecule has 0 saturated carbocycles. The number of rotatable bonds is 7. The van der Waals surface area contributed by atoms with Crippen molar-refractivity contribution in [1.29, 1.82) is 0 Å². The van der Waals surface area contributed by atoms with Gasteiger partial charge in [-0.1, -0.05) is 0 Å². The third-order valence-corrected chi connectivity index (χ3v) is 2.00. The summed E-state index contributed by atoms with van der Waals surface area (Å²) in [5.41, 5.74) is 0. The predicted octanol–water partition coefficient (Wildman–Crippen LogP) is 0.211. The first-order valence-electron chi connectivity index (χ1n) is 4.98. The van der Waals surface area contributed by atoms with Crippen LogP contribution >= 0.6 is 0 Å². The van der Waals surface area contributed by atoms with Crippen LogP contribution in [0.4, 0.5) is 13.6 Å². The zero-order valence-electron chi connectivity index (χ0n) is 9.60. The standard InChI is InChI=1S/C9H14F2N2O5/c1-13(4-6(10)11)9(18)12-5(8(16)17)2-3-7(14)15/h5-6H,2-4H2,1H3,(H,12,18)(H,14,15)(H,16,17)/t5-/m0/s1. The van der Waals surface area contributed by atoms with Gasteiger partial charge in [0.2, 0.25) is 0 Å². The molecule has 0 spiro atoms. The van der Waals surface area contributed by atoms with Crippen molar-refractivity contribution in [2.45, 2.75) is 25.3 Å². The highest BCUT2D eigenvalue weighted by molar-refractivity contribution is 5.82. The average Bonchev–Trinajstić information content (AvgIpc) is 2.21. The molecule has 0 aromatic rings. The van der Waals surface area contributed by atoms with E-state index in [-0.39, 0.29) is 6.42 Å². The van der Waals surface area contributed by atoms with E-state index in [0.717, 1.165) is 7.05 Å². The van der Waals surface area contributed by atoms with Gasteiger partial charge in [-0.3, -0.25) is 4.79 Å².